The normalized spacial score (nSPS) is 41.6. The molecule has 20 fully saturated rings. The minimum atomic E-state index is -0.439. The molecule has 6 aliphatic heterocycles. The molecule has 124 heavy (non-hydrogen) atoms. The molecule has 0 amide bonds. The Hall–Kier alpha value is -6.36. The average Bonchev–Trinajstić information content (AvgIpc) is 1.51. The van der Waals surface area contributed by atoms with E-state index in [1.165, 1.54) is 12.8 Å². The molecule has 0 aromatic rings. The lowest BCUT2D eigenvalue weighted by atomic mass is 9.60. The van der Waals surface area contributed by atoms with Gasteiger partial charge in [-0.25, -0.2) is 0 Å². The van der Waals surface area contributed by atoms with E-state index in [4.69, 9.17) is 56.8 Å². The van der Waals surface area contributed by atoms with E-state index in [1.807, 2.05) is 125 Å². The van der Waals surface area contributed by atoms with Crippen LogP contribution < -0.4 is 0 Å². The number of fused-ring (bicyclic) bond motifs is 27. The van der Waals surface area contributed by atoms with Gasteiger partial charge in [0, 0.05) is 34.5 Å². The maximum atomic E-state index is 12.6. The lowest BCUT2D eigenvalue weighted by Gasteiger charge is -2.44. The molecular formula is C100H148O24. The predicted octanol–water partition coefficient (Wildman–Crippen LogP) is 16.5. The molecule has 24 heteroatoms. The van der Waals surface area contributed by atoms with Gasteiger partial charge in [0.05, 0.1) is 107 Å². The van der Waals surface area contributed by atoms with Crippen molar-refractivity contribution in [2.75, 3.05) is 39.6 Å². The first kappa shape index (κ1) is 92.4. The molecule has 14 bridgehead atoms. The maximum absolute atomic E-state index is 12.6. The van der Waals surface area contributed by atoms with Gasteiger partial charge in [0.25, 0.3) is 0 Å². The van der Waals surface area contributed by atoms with E-state index in [2.05, 4.69) is 0 Å². The Kier molecular flexibility index (Phi) is 25.2. The second-order valence-corrected chi connectivity index (χ2v) is 46.7. The van der Waals surface area contributed by atoms with Crippen molar-refractivity contribution in [1.29, 1.82) is 0 Å². The second-order valence-electron chi connectivity index (χ2n) is 46.7. The number of carbonyl (C=O) groups excluding carboxylic acids is 12. The summed E-state index contributed by atoms with van der Waals surface area (Å²) in [6.07, 6.45) is 26.4. The summed E-state index contributed by atoms with van der Waals surface area (Å²) in [5.41, 5.74) is -3.25. The highest BCUT2D eigenvalue weighted by Gasteiger charge is 2.73. The summed E-state index contributed by atoms with van der Waals surface area (Å²) in [5, 5.41) is 0. The maximum Gasteiger partial charge on any atom is 0.312 e. The van der Waals surface area contributed by atoms with E-state index < -0.39 is 32.5 Å². The van der Waals surface area contributed by atoms with Gasteiger partial charge in [0.15, 0.2) is 0 Å². The van der Waals surface area contributed by atoms with Crippen LogP contribution in [0.2, 0.25) is 0 Å². The number of carbonyl (C=O) groups is 12. The molecular weight excluding hydrogens is 1590 g/mol. The van der Waals surface area contributed by atoms with Gasteiger partial charge in [-0.1, -0.05) is 41.5 Å². The zero-order valence-electron chi connectivity index (χ0n) is 77.9. The summed E-state index contributed by atoms with van der Waals surface area (Å²) in [4.78, 5) is 145. The number of hydrogen-bond acceptors (Lipinski definition) is 24. The van der Waals surface area contributed by atoms with Crippen molar-refractivity contribution in [1.82, 2.24) is 0 Å². The predicted molar refractivity (Wildman–Crippen MR) is 451 cm³/mol. The third-order valence-corrected chi connectivity index (χ3v) is 37.8. The molecule has 20 aliphatic rings. The summed E-state index contributed by atoms with van der Waals surface area (Å²) >= 11 is 0. The van der Waals surface area contributed by atoms with Crippen LogP contribution in [0.15, 0.2) is 0 Å². The standard InChI is InChI=1S/C21H30O4.4C16H24O4.C15H22O4/c1-4-20(2,3)18(22)25-15-9-11-7-13(15)17-14-8-12(16(11)17)10-21(14)5-6-24-19(21)23;1-4-15(2,3)14(18)20-12-6-11-5-10(12)7-16(11)8-13(17)19-9-16;1-4-15(2,3)14(18)20-12-6-10-5-11(12)16(7-10)8-13(17)19-9-16;1-4-15(2,3)13(17)20-12-8-11-7-10(12)9-16(11)5-6-19-14(16)18;1-4-15(2,3)13(17)20-12-8-10-7-11(12)16(9-10)5-6-19-14(16)18;1-4-15(2,3)14(17)19-11-6-8-5-9(11)12-10(8)7-18-13(12)16/h11-17H,4-10H2,1-3H3;4*10-12H,4-9H2,1-3H3;8-12H,4-7H2,1-3H3. The van der Waals surface area contributed by atoms with Crippen molar-refractivity contribution in [2.24, 2.45) is 166 Å². The van der Waals surface area contributed by atoms with Crippen LogP contribution >= 0.6 is 0 Å². The van der Waals surface area contributed by atoms with Gasteiger partial charge in [-0.2, -0.15) is 0 Å². The minimum Gasteiger partial charge on any atom is -0.465 e. The van der Waals surface area contributed by atoms with Gasteiger partial charge in [0.2, 0.25) is 0 Å². The lowest BCUT2D eigenvalue weighted by molar-refractivity contribution is -0.169. The molecule has 0 aromatic carbocycles. The first-order valence-electron chi connectivity index (χ1n) is 48.6. The van der Waals surface area contributed by atoms with Gasteiger partial charge in [-0.15, -0.1) is 0 Å². The van der Waals surface area contributed by atoms with Crippen molar-refractivity contribution >= 4 is 71.6 Å². The quantitative estimate of drug-likeness (QED) is 0.0699. The molecule has 14 aliphatic carbocycles. The first-order valence-corrected chi connectivity index (χ1v) is 48.6. The van der Waals surface area contributed by atoms with Gasteiger partial charge >= 0.3 is 71.6 Å². The largest absolute Gasteiger partial charge is 0.465 e. The highest BCUT2D eigenvalue weighted by atomic mass is 16.6. The summed E-state index contributed by atoms with van der Waals surface area (Å²) in [7, 11) is 0. The van der Waals surface area contributed by atoms with E-state index in [1.54, 1.807) is 0 Å². The van der Waals surface area contributed by atoms with Crippen LogP contribution in [0.25, 0.3) is 0 Å². The number of hydrogen-bond donors (Lipinski definition) is 0. The molecule has 692 valence electrons. The lowest BCUT2D eigenvalue weighted by Crippen LogP contribution is -2.46. The van der Waals surface area contributed by atoms with Crippen LogP contribution in [-0.2, 0) is 114 Å². The van der Waals surface area contributed by atoms with Crippen molar-refractivity contribution < 1.29 is 114 Å². The van der Waals surface area contributed by atoms with E-state index in [9.17, 15) is 57.5 Å². The van der Waals surface area contributed by atoms with Crippen molar-refractivity contribution in [3.63, 3.8) is 0 Å². The number of ether oxygens (including phenoxy) is 12. The molecule has 0 aromatic heterocycles. The Morgan fingerprint density at radius 1 is 0.323 bits per heavy atom. The molecule has 0 N–H and O–H groups in total. The van der Waals surface area contributed by atoms with E-state index >= 15 is 0 Å². The zero-order valence-corrected chi connectivity index (χ0v) is 77.9. The van der Waals surface area contributed by atoms with Crippen LogP contribution in [0.3, 0.4) is 0 Å². The molecule has 0 radical (unpaired) electrons. The Morgan fingerprint density at radius 3 is 1.15 bits per heavy atom. The fraction of sp³-hybridized carbons (Fsp3) is 0.880. The fourth-order valence-corrected chi connectivity index (χ4v) is 27.8. The van der Waals surface area contributed by atoms with Crippen LogP contribution in [0.1, 0.15) is 311 Å². The van der Waals surface area contributed by atoms with Gasteiger partial charge < -0.3 is 56.8 Å². The number of rotatable bonds is 18. The van der Waals surface area contributed by atoms with Crippen LogP contribution in [-0.4, -0.2) is 148 Å². The monoisotopic (exact) mass is 1730 g/mol. The molecule has 14 saturated carbocycles. The van der Waals surface area contributed by atoms with Crippen LogP contribution in [0.4, 0.5) is 0 Å². The molecule has 6 saturated heterocycles. The number of esters is 12. The third kappa shape index (κ3) is 16.4. The molecule has 24 nitrogen and oxygen atoms in total. The SMILES string of the molecule is CCC(C)(C)C(=O)OC1CC2CC1C1(CCOC1=O)C2.CCC(C)(C)C(=O)OC1CC2CC1C1(COC(=O)C1)C2.CCC(C)(C)C(=O)OC1CC2CC1C1C(=O)OCC21.CCC(C)(C)C(=O)OC1CC2CC1C1C2C2CC1C1(CCOC1=O)C2.CCC(C)(C)C(=O)OC1CC2CC1CC21CCOC1=O.CCC(C)(C)C(=O)OC1CC2CC1CC21COC(=O)C1. The molecule has 29 atom stereocenters. The Labute approximate surface area is 735 Å². The van der Waals surface area contributed by atoms with Crippen LogP contribution in [0.5, 0.6) is 0 Å². The third-order valence-electron chi connectivity index (χ3n) is 37.8. The minimum absolute atomic E-state index is 0.0105. The molecule has 29 unspecified atom stereocenters. The average molecular weight is 1730 g/mol. The topological polar surface area (TPSA) is 316 Å². The second kappa shape index (κ2) is 33.9. The molecule has 6 heterocycles. The molecule has 5 spiro atoms. The summed E-state index contributed by atoms with van der Waals surface area (Å²) in [6.45, 7) is 38.7. The van der Waals surface area contributed by atoms with Gasteiger partial charge in [-0.3, -0.25) is 57.5 Å². The van der Waals surface area contributed by atoms with E-state index in [0.717, 1.165) is 166 Å². The fourth-order valence-electron chi connectivity index (χ4n) is 27.8. The zero-order chi connectivity index (χ0) is 89.5. The highest BCUT2D eigenvalue weighted by molar-refractivity contribution is 5.83. The van der Waals surface area contributed by atoms with Gasteiger partial charge in [-0.05, 0) is 333 Å². The Bertz CT molecular complexity index is 4130. The smallest absolute Gasteiger partial charge is 0.312 e. The number of cyclic esters (lactones) is 6. The van der Waals surface area contributed by atoms with E-state index in [0.29, 0.717) is 135 Å². The van der Waals surface area contributed by atoms with Crippen molar-refractivity contribution in [2.45, 2.75) is 347 Å². The summed E-state index contributed by atoms with van der Waals surface area (Å²) in [5.74, 6) is 7.25. The van der Waals surface area contributed by atoms with Crippen molar-refractivity contribution in [3.8, 4) is 0 Å². The van der Waals surface area contributed by atoms with Crippen molar-refractivity contribution in [3.05, 3.63) is 0 Å². The first-order chi connectivity index (χ1) is 58.3. The van der Waals surface area contributed by atoms with E-state index in [-0.39, 0.29) is 153 Å². The summed E-state index contributed by atoms with van der Waals surface area (Å²) < 4.78 is 66.2. The van der Waals surface area contributed by atoms with Crippen LogP contribution in [0, 0.1) is 166 Å². The Balaban J connectivity index is 0.000000115. The Morgan fingerprint density at radius 2 is 0.718 bits per heavy atom. The molecule has 20 rings (SSSR count). The highest BCUT2D eigenvalue weighted by Crippen LogP contribution is 2.74. The van der Waals surface area contributed by atoms with Gasteiger partial charge in [0.1, 0.15) is 36.6 Å². The summed E-state index contributed by atoms with van der Waals surface area (Å²) in [6, 6.07) is 0.